The number of nitrogens with two attached hydrogens (primary N) is 1. The third-order valence-corrected chi connectivity index (χ3v) is 4.45. The highest BCUT2D eigenvalue weighted by Gasteiger charge is 2.38. The van der Waals surface area contributed by atoms with E-state index in [9.17, 15) is 24.3 Å². The first kappa shape index (κ1) is 20.4. The maximum atomic E-state index is 12.7. The summed E-state index contributed by atoms with van der Waals surface area (Å²) in [4.78, 5) is 48.5. The molecule has 2 amide bonds. The lowest BCUT2D eigenvalue weighted by atomic mass is 10.0. The normalized spacial score (nSPS) is 18.6. The Morgan fingerprint density at radius 2 is 1.85 bits per heavy atom. The molecule has 0 saturated carbocycles. The minimum Gasteiger partial charge on any atom is -0.481 e. The Balaban J connectivity index is 2.06. The van der Waals surface area contributed by atoms with Crippen molar-refractivity contribution in [1.29, 1.82) is 0 Å². The Morgan fingerprint density at radius 1 is 1.19 bits per heavy atom. The second-order valence-electron chi connectivity index (χ2n) is 6.48. The fraction of sp³-hybridized carbons (Fsp3) is 0.444. The molecule has 9 heteroatoms. The van der Waals surface area contributed by atoms with Crippen LogP contribution in [0.4, 0.5) is 0 Å². The average Bonchev–Trinajstić information content (AvgIpc) is 3.11. The fourth-order valence-electron chi connectivity index (χ4n) is 3.10. The number of amides is 2. The number of hydrogen-bond donors (Lipinski definition) is 4. The summed E-state index contributed by atoms with van der Waals surface area (Å²) in [7, 11) is 0. The maximum Gasteiger partial charge on any atom is 0.326 e. The predicted molar refractivity (Wildman–Crippen MR) is 94.7 cm³/mol. The number of carboxylic acids is 2. The molecule has 1 aromatic rings. The van der Waals surface area contributed by atoms with E-state index in [-0.39, 0.29) is 13.0 Å². The van der Waals surface area contributed by atoms with Crippen molar-refractivity contribution in [2.45, 2.75) is 43.8 Å². The van der Waals surface area contributed by atoms with E-state index in [1.807, 2.05) is 6.07 Å². The van der Waals surface area contributed by atoms with Crippen molar-refractivity contribution in [3.05, 3.63) is 35.9 Å². The Bertz CT molecular complexity index is 708. The smallest absolute Gasteiger partial charge is 0.326 e. The van der Waals surface area contributed by atoms with E-state index in [4.69, 9.17) is 10.8 Å². The van der Waals surface area contributed by atoms with E-state index in [0.717, 1.165) is 10.5 Å². The first-order valence-electron chi connectivity index (χ1n) is 8.64. The summed E-state index contributed by atoms with van der Waals surface area (Å²) in [5.74, 6) is -3.81. The van der Waals surface area contributed by atoms with Crippen molar-refractivity contribution in [3.8, 4) is 0 Å². The van der Waals surface area contributed by atoms with Crippen molar-refractivity contribution in [3.63, 3.8) is 0 Å². The highest BCUT2D eigenvalue weighted by molar-refractivity contribution is 5.94. The van der Waals surface area contributed by atoms with E-state index in [1.165, 1.54) is 0 Å². The summed E-state index contributed by atoms with van der Waals surface area (Å²) in [6.07, 6.45) is 0.375. The lowest BCUT2D eigenvalue weighted by Crippen LogP contribution is -2.55. The molecule has 9 nitrogen and oxygen atoms in total. The molecule has 0 aliphatic carbocycles. The molecule has 1 heterocycles. The van der Waals surface area contributed by atoms with Crippen molar-refractivity contribution >= 4 is 23.8 Å². The quantitative estimate of drug-likeness (QED) is 0.481. The second-order valence-corrected chi connectivity index (χ2v) is 6.48. The monoisotopic (exact) mass is 377 g/mol. The summed E-state index contributed by atoms with van der Waals surface area (Å²) in [5, 5.41) is 20.7. The summed E-state index contributed by atoms with van der Waals surface area (Å²) < 4.78 is 0. The molecule has 0 aromatic heterocycles. The molecule has 0 bridgehead atoms. The standard InChI is InChI=1S/C18H23N3O6/c19-12(9-11-5-2-1-3-6-11)16(24)20-13(10-15(22)23)17(25)21-8-4-7-14(21)18(26)27/h1-3,5-6,12-14H,4,7-10,19H2,(H,20,24)(H,22,23)(H,26,27)/t12-,13-,14+/m0/s1. The van der Waals surface area contributed by atoms with Crippen LogP contribution in [0.2, 0.25) is 0 Å². The summed E-state index contributed by atoms with van der Waals surface area (Å²) >= 11 is 0. The van der Waals surface area contributed by atoms with Crippen LogP contribution in [0.15, 0.2) is 30.3 Å². The molecule has 146 valence electrons. The zero-order valence-corrected chi connectivity index (χ0v) is 14.7. The number of benzene rings is 1. The van der Waals surface area contributed by atoms with E-state index in [1.54, 1.807) is 24.3 Å². The Morgan fingerprint density at radius 3 is 2.44 bits per heavy atom. The predicted octanol–water partition coefficient (Wildman–Crippen LogP) is -0.408. The summed E-state index contributed by atoms with van der Waals surface area (Å²) in [6.45, 7) is 0.206. The van der Waals surface area contributed by atoms with Gasteiger partial charge in [-0.2, -0.15) is 0 Å². The number of hydrogen-bond acceptors (Lipinski definition) is 5. The lowest BCUT2D eigenvalue weighted by Gasteiger charge is -2.27. The van der Waals surface area contributed by atoms with Gasteiger partial charge in [-0.1, -0.05) is 30.3 Å². The number of rotatable bonds is 8. The number of nitrogens with one attached hydrogen (secondary N) is 1. The summed E-state index contributed by atoms with van der Waals surface area (Å²) in [5.41, 5.74) is 6.70. The molecule has 0 radical (unpaired) electrons. The van der Waals surface area contributed by atoms with E-state index in [0.29, 0.717) is 12.8 Å². The molecule has 1 saturated heterocycles. The molecular weight excluding hydrogens is 354 g/mol. The van der Waals surface area contributed by atoms with Gasteiger partial charge in [-0.3, -0.25) is 14.4 Å². The van der Waals surface area contributed by atoms with Crippen LogP contribution >= 0.6 is 0 Å². The van der Waals surface area contributed by atoms with Crippen LogP contribution in [0, 0.1) is 0 Å². The molecule has 1 aliphatic heterocycles. The number of aliphatic carboxylic acids is 2. The van der Waals surface area contributed by atoms with E-state index >= 15 is 0 Å². The first-order valence-corrected chi connectivity index (χ1v) is 8.64. The van der Waals surface area contributed by atoms with Crippen LogP contribution in [0.1, 0.15) is 24.8 Å². The van der Waals surface area contributed by atoms with Gasteiger partial charge in [-0.15, -0.1) is 0 Å². The number of carbonyl (C=O) groups is 4. The topological polar surface area (TPSA) is 150 Å². The van der Waals surface area contributed by atoms with Gasteiger partial charge in [0.1, 0.15) is 12.1 Å². The van der Waals surface area contributed by atoms with Crippen LogP contribution in [-0.2, 0) is 25.6 Å². The average molecular weight is 377 g/mol. The van der Waals surface area contributed by atoms with Crippen molar-refractivity contribution < 1.29 is 29.4 Å². The molecule has 1 fully saturated rings. The van der Waals surface area contributed by atoms with Gasteiger partial charge < -0.3 is 26.2 Å². The van der Waals surface area contributed by atoms with Crippen molar-refractivity contribution in [2.24, 2.45) is 5.73 Å². The third-order valence-electron chi connectivity index (χ3n) is 4.45. The van der Waals surface area contributed by atoms with E-state index < -0.39 is 48.3 Å². The third kappa shape index (κ3) is 5.52. The van der Waals surface area contributed by atoms with Gasteiger partial charge in [0, 0.05) is 6.54 Å². The Labute approximate surface area is 156 Å². The van der Waals surface area contributed by atoms with Gasteiger partial charge in [-0.05, 0) is 24.8 Å². The lowest BCUT2D eigenvalue weighted by molar-refractivity contribution is -0.150. The van der Waals surface area contributed by atoms with Gasteiger partial charge in [-0.25, -0.2) is 4.79 Å². The molecule has 1 aromatic carbocycles. The molecule has 3 atom stereocenters. The number of carbonyl (C=O) groups excluding carboxylic acids is 2. The first-order chi connectivity index (χ1) is 12.8. The number of nitrogens with zero attached hydrogens (tertiary/aromatic N) is 1. The van der Waals surface area contributed by atoms with Crippen molar-refractivity contribution in [2.75, 3.05) is 6.54 Å². The summed E-state index contributed by atoms with van der Waals surface area (Å²) in [6, 6.07) is 5.69. The maximum absolute atomic E-state index is 12.7. The van der Waals surface area contributed by atoms with Gasteiger partial charge in [0.05, 0.1) is 12.5 Å². The molecule has 1 aliphatic rings. The molecule has 27 heavy (non-hydrogen) atoms. The number of likely N-dealkylation sites (tertiary alicyclic amines) is 1. The largest absolute Gasteiger partial charge is 0.481 e. The van der Waals surface area contributed by atoms with Crippen molar-refractivity contribution in [1.82, 2.24) is 10.2 Å². The molecular formula is C18H23N3O6. The van der Waals surface area contributed by atoms with Crippen LogP contribution in [0.25, 0.3) is 0 Å². The van der Waals surface area contributed by atoms with Crippen LogP contribution < -0.4 is 11.1 Å². The highest BCUT2D eigenvalue weighted by Crippen LogP contribution is 2.19. The fourth-order valence-corrected chi connectivity index (χ4v) is 3.10. The second kappa shape index (κ2) is 9.13. The van der Waals surface area contributed by atoms with Gasteiger partial charge in [0.15, 0.2) is 0 Å². The van der Waals surface area contributed by atoms with Gasteiger partial charge >= 0.3 is 11.9 Å². The molecule has 0 spiro atoms. The Hall–Kier alpha value is -2.94. The zero-order chi connectivity index (χ0) is 20.0. The minimum absolute atomic E-state index is 0.206. The highest BCUT2D eigenvalue weighted by atomic mass is 16.4. The minimum atomic E-state index is -1.36. The van der Waals surface area contributed by atoms with Crippen LogP contribution in [-0.4, -0.2) is 63.5 Å². The number of carboxylic acid groups (broad SMARTS) is 2. The SMILES string of the molecule is N[C@@H](Cc1ccccc1)C(=O)N[C@@H](CC(=O)O)C(=O)N1CCC[C@@H]1C(=O)O. The Kier molecular flexibility index (Phi) is 6.89. The van der Waals surface area contributed by atoms with Gasteiger partial charge in [0.25, 0.3) is 0 Å². The van der Waals surface area contributed by atoms with E-state index in [2.05, 4.69) is 5.32 Å². The molecule has 2 rings (SSSR count). The zero-order valence-electron chi connectivity index (χ0n) is 14.7. The molecule has 0 unspecified atom stereocenters. The molecule has 5 N–H and O–H groups in total. The van der Waals surface area contributed by atoms with Crippen LogP contribution in [0.5, 0.6) is 0 Å². The van der Waals surface area contributed by atoms with Gasteiger partial charge in [0.2, 0.25) is 11.8 Å². The van der Waals surface area contributed by atoms with Crippen LogP contribution in [0.3, 0.4) is 0 Å².